The van der Waals surface area contributed by atoms with Crippen LogP contribution in [0.1, 0.15) is 37.5 Å². The zero-order valence-corrected chi connectivity index (χ0v) is 18.0. The molecule has 0 saturated carbocycles. The molecule has 7 heteroatoms. The van der Waals surface area contributed by atoms with Crippen molar-refractivity contribution in [2.75, 3.05) is 7.11 Å². The zero-order valence-electron chi connectivity index (χ0n) is 16.4. The van der Waals surface area contributed by atoms with E-state index in [2.05, 4.69) is 4.40 Å². The number of esters is 1. The monoisotopic (exact) mass is 421 g/mol. The summed E-state index contributed by atoms with van der Waals surface area (Å²) >= 11 is 6.20. The molecule has 150 valence electrons. The smallest absolute Gasteiger partial charge is 0.310 e. The van der Waals surface area contributed by atoms with Gasteiger partial charge in [0.2, 0.25) is 0 Å². The maximum atomic E-state index is 12.1. The van der Waals surface area contributed by atoms with Crippen molar-refractivity contribution in [3.05, 3.63) is 64.2 Å². The van der Waals surface area contributed by atoms with Crippen LogP contribution in [0.5, 0.6) is 5.75 Å². The molecule has 28 heavy (non-hydrogen) atoms. The predicted molar refractivity (Wildman–Crippen MR) is 113 cm³/mol. The minimum absolute atomic E-state index is 0.138. The summed E-state index contributed by atoms with van der Waals surface area (Å²) < 4.78 is 26.4. The largest absolute Gasteiger partial charge is 0.489 e. The van der Waals surface area contributed by atoms with Crippen molar-refractivity contribution in [3.8, 4) is 5.75 Å². The molecule has 0 bridgehead atoms. The molecule has 0 N–H and O–H groups in total. The van der Waals surface area contributed by atoms with Crippen molar-refractivity contribution in [1.29, 1.82) is 0 Å². The average molecular weight is 422 g/mol. The lowest BCUT2D eigenvalue weighted by Gasteiger charge is -2.13. The van der Waals surface area contributed by atoms with Gasteiger partial charge in [0, 0.05) is 16.8 Å². The third-order valence-electron chi connectivity index (χ3n) is 3.73. The highest BCUT2D eigenvalue weighted by Gasteiger charge is 2.18. The fourth-order valence-corrected chi connectivity index (χ4v) is 3.08. The van der Waals surface area contributed by atoms with E-state index in [0.717, 1.165) is 16.7 Å². The Morgan fingerprint density at radius 1 is 1.21 bits per heavy atom. The van der Waals surface area contributed by atoms with E-state index in [-0.39, 0.29) is 19.0 Å². The number of carbonyl (C=O) groups is 1. The summed E-state index contributed by atoms with van der Waals surface area (Å²) in [6.07, 6.45) is 1.70. The van der Waals surface area contributed by atoms with Crippen molar-refractivity contribution >= 4 is 34.8 Å². The lowest BCUT2D eigenvalue weighted by molar-refractivity contribution is -0.139. The first kappa shape index (κ1) is 22.1. The van der Waals surface area contributed by atoms with Gasteiger partial charge in [0.15, 0.2) is 0 Å². The van der Waals surface area contributed by atoms with Gasteiger partial charge in [-0.15, -0.1) is 0 Å². The molecule has 0 aliphatic heterocycles. The van der Waals surface area contributed by atoms with E-state index in [1.165, 1.54) is 7.11 Å². The first-order chi connectivity index (χ1) is 13.2. The lowest BCUT2D eigenvalue weighted by atomic mass is 10.1. The van der Waals surface area contributed by atoms with Crippen LogP contribution in [-0.2, 0) is 33.5 Å². The molecule has 1 atom stereocenters. The van der Waals surface area contributed by atoms with Crippen LogP contribution in [-0.4, -0.2) is 28.2 Å². The van der Waals surface area contributed by atoms with Gasteiger partial charge in [-0.1, -0.05) is 29.8 Å². The summed E-state index contributed by atoms with van der Waals surface area (Å²) in [7, 11) is 0.0117. The van der Waals surface area contributed by atoms with E-state index in [1.54, 1.807) is 24.4 Å². The van der Waals surface area contributed by atoms with Crippen LogP contribution in [0, 0.1) is 0 Å². The zero-order chi connectivity index (χ0) is 20.7. The number of ether oxygens (including phenoxy) is 2. The van der Waals surface area contributed by atoms with Gasteiger partial charge >= 0.3 is 5.97 Å². The Labute approximate surface area is 173 Å². The fourth-order valence-electron chi connectivity index (χ4n) is 2.28. The van der Waals surface area contributed by atoms with Crippen molar-refractivity contribution in [3.63, 3.8) is 0 Å². The van der Waals surface area contributed by atoms with Crippen molar-refractivity contribution < 1.29 is 18.5 Å². The van der Waals surface area contributed by atoms with E-state index in [4.69, 9.17) is 21.1 Å². The third kappa shape index (κ3) is 6.77. The quantitative estimate of drug-likeness (QED) is 0.487. The highest BCUT2D eigenvalue weighted by atomic mass is 35.5. The van der Waals surface area contributed by atoms with Gasteiger partial charge in [-0.3, -0.25) is 4.79 Å². The predicted octanol–water partition coefficient (Wildman–Crippen LogP) is 4.52. The third-order valence-corrected chi connectivity index (χ3v) is 5.29. The van der Waals surface area contributed by atoms with Gasteiger partial charge in [-0.25, -0.2) is 4.21 Å². The molecule has 0 radical (unpaired) electrons. The number of carbonyl (C=O) groups excluding carboxylic acids is 1. The minimum Gasteiger partial charge on any atom is -0.489 e. The summed E-state index contributed by atoms with van der Waals surface area (Å²) in [4.78, 5) is 11.6. The Balaban J connectivity index is 2.14. The van der Waals surface area contributed by atoms with Crippen LogP contribution in [0.4, 0.5) is 0 Å². The van der Waals surface area contributed by atoms with Gasteiger partial charge in [-0.05, 0) is 56.2 Å². The van der Waals surface area contributed by atoms with Crippen LogP contribution in [0.25, 0.3) is 0 Å². The lowest BCUT2D eigenvalue weighted by Crippen LogP contribution is -2.19. The number of hydrogen-bond acceptors (Lipinski definition) is 4. The molecule has 0 aromatic heterocycles. The van der Waals surface area contributed by atoms with Gasteiger partial charge in [0.25, 0.3) is 0 Å². The summed E-state index contributed by atoms with van der Waals surface area (Å²) in [6.45, 7) is 5.86. The average Bonchev–Trinajstić information content (AvgIpc) is 2.64. The number of rotatable bonds is 7. The number of halogens is 1. The molecular weight excluding hydrogens is 398 g/mol. The van der Waals surface area contributed by atoms with Crippen LogP contribution in [0.3, 0.4) is 0 Å². The highest BCUT2D eigenvalue weighted by Crippen LogP contribution is 2.22. The fraction of sp³-hybridized carbons (Fsp3) is 0.333. The Morgan fingerprint density at radius 3 is 2.61 bits per heavy atom. The first-order valence-electron chi connectivity index (χ1n) is 8.72. The summed E-state index contributed by atoms with van der Waals surface area (Å²) in [6, 6.07) is 12.7. The Hall–Kier alpha value is -2.18. The maximum absolute atomic E-state index is 12.1. The van der Waals surface area contributed by atoms with E-state index < -0.39 is 15.7 Å². The number of benzene rings is 2. The topological polar surface area (TPSA) is 65.0 Å². The van der Waals surface area contributed by atoms with E-state index in [9.17, 15) is 9.00 Å². The molecule has 0 heterocycles. The second-order valence-electron chi connectivity index (χ2n) is 7.14. The maximum Gasteiger partial charge on any atom is 0.310 e. The normalized spacial score (nSPS) is 12.8. The summed E-state index contributed by atoms with van der Waals surface area (Å²) in [5, 5.41) is 0.534. The molecule has 2 aromatic rings. The Kier molecular flexibility index (Phi) is 7.78. The number of hydrogen-bond donors (Lipinski definition) is 0. The van der Waals surface area contributed by atoms with Crippen molar-refractivity contribution in [2.45, 2.75) is 38.5 Å². The Morgan fingerprint density at radius 2 is 1.93 bits per heavy atom. The van der Waals surface area contributed by atoms with Crippen LogP contribution >= 0.6 is 11.6 Å². The molecule has 0 aliphatic carbocycles. The van der Waals surface area contributed by atoms with E-state index in [1.807, 2.05) is 45.0 Å². The Bertz CT molecular complexity index is 890. The molecule has 5 nitrogen and oxygen atoms in total. The standard InChI is InChI=1S/C21H24ClNO4S/c1-21(2,3)28(25)23-13-15-9-16(11-18(22)10-15)14-27-19-8-6-5-7-17(19)12-20(24)26-4/h5-11,13H,12,14H2,1-4H3. The van der Waals surface area contributed by atoms with Gasteiger partial charge in [0.05, 0.1) is 18.3 Å². The minimum atomic E-state index is -1.34. The molecule has 0 aliphatic rings. The van der Waals surface area contributed by atoms with Gasteiger partial charge in [0.1, 0.15) is 23.3 Å². The van der Waals surface area contributed by atoms with Crippen LogP contribution in [0.2, 0.25) is 5.02 Å². The molecule has 2 aromatic carbocycles. The van der Waals surface area contributed by atoms with E-state index in [0.29, 0.717) is 10.8 Å². The molecule has 0 amide bonds. The number of nitrogens with zero attached hydrogens (tertiary/aromatic N) is 1. The molecule has 0 fully saturated rings. The first-order valence-corrected chi connectivity index (χ1v) is 10.2. The van der Waals surface area contributed by atoms with Crippen LogP contribution in [0.15, 0.2) is 46.9 Å². The van der Waals surface area contributed by atoms with Gasteiger partial charge < -0.3 is 9.47 Å². The summed E-state index contributed by atoms with van der Waals surface area (Å²) in [5.74, 6) is 0.279. The van der Waals surface area contributed by atoms with E-state index >= 15 is 0 Å². The second-order valence-corrected chi connectivity index (χ2v) is 9.51. The van der Waals surface area contributed by atoms with Crippen molar-refractivity contribution in [1.82, 2.24) is 0 Å². The highest BCUT2D eigenvalue weighted by molar-refractivity contribution is 7.85. The molecule has 1 unspecified atom stereocenters. The van der Waals surface area contributed by atoms with Gasteiger partial charge in [-0.2, -0.15) is 4.40 Å². The molecule has 2 rings (SSSR count). The second kappa shape index (κ2) is 9.85. The molecule has 0 spiro atoms. The SMILES string of the molecule is COC(=O)Cc1ccccc1OCc1cc(Cl)cc(C=NS(=O)C(C)(C)C)c1. The van der Waals surface area contributed by atoms with Crippen molar-refractivity contribution in [2.24, 2.45) is 4.40 Å². The summed E-state index contributed by atoms with van der Waals surface area (Å²) in [5.41, 5.74) is 2.33. The number of para-hydroxylation sites is 1. The number of methoxy groups -OCH3 is 1. The molecular formula is C21H24ClNO4S. The van der Waals surface area contributed by atoms with Crippen LogP contribution < -0.4 is 4.74 Å². The molecule has 0 saturated heterocycles.